The van der Waals surface area contributed by atoms with Gasteiger partial charge in [-0.05, 0) is 31.7 Å². The Hall–Kier alpha value is -0.370. The fourth-order valence-corrected chi connectivity index (χ4v) is 2.84. The number of Topliss-reactive ketones (excluding diaryl/α,β-unsaturated/α-hetero) is 1. The molecule has 0 radical (unpaired) electrons. The van der Waals surface area contributed by atoms with Crippen LogP contribution in [0.1, 0.15) is 45.4 Å². The summed E-state index contributed by atoms with van der Waals surface area (Å²) in [6, 6.07) is 0.591. The number of nitrogens with zero attached hydrogens (tertiary/aromatic N) is 1. The van der Waals surface area contributed by atoms with E-state index in [1.165, 1.54) is 32.4 Å². The van der Waals surface area contributed by atoms with E-state index < -0.39 is 0 Å². The Morgan fingerprint density at radius 2 is 2.29 bits per heavy atom. The molecule has 1 aliphatic carbocycles. The van der Waals surface area contributed by atoms with Crippen LogP contribution in [0.2, 0.25) is 0 Å². The summed E-state index contributed by atoms with van der Waals surface area (Å²) >= 11 is 0. The number of likely N-dealkylation sites (tertiary alicyclic amines) is 1. The van der Waals surface area contributed by atoms with Gasteiger partial charge in [-0.25, -0.2) is 0 Å². The van der Waals surface area contributed by atoms with E-state index in [9.17, 15) is 4.79 Å². The number of ketones is 1. The first kappa shape index (κ1) is 10.2. The molecule has 0 aromatic carbocycles. The van der Waals surface area contributed by atoms with Gasteiger partial charge in [0.15, 0.2) is 0 Å². The second-order valence-corrected chi connectivity index (χ2v) is 4.85. The van der Waals surface area contributed by atoms with Crippen molar-refractivity contribution in [3.05, 3.63) is 0 Å². The van der Waals surface area contributed by atoms with Crippen molar-refractivity contribution in [2.24, 2.45) is 5.92 Å². The molecular weight excluding hydrogens is 174 g/mol. The Morgan fingerprint density at radius 1 is 1.43 bits per heavy atom. The van der Waals surface area contributed by atoms with Crippen LogP contribution in [-0.2, 0) is 4.79 Å². The second kappa shape index (κ2) is 4.43. The zero-order valence-electron chi connectivity index (χ0n) is 9.17. The van der Waals surface area contributed by atoms with Gasteiger partial charge in [0, 0.05) is 25.4 Å². The number of rotatable bonds is 2. The lowest BCUT2D eigenvalue weighted by Gasteiger charge is -2.30. The first-order valence-corrected chi connectivity index (χ1v) is 6.05. The molecule has 2 nitrogen and oxygen atoms in total. The van der Waals surface area contributed by atoms with E-state index in [-0.39, 0.29) is 0 Å². The fraction of sp³-hybridized carbons (Fsp3) is 0.917. The standard InChI is InChI=1S/C12H21NO/c1-2-10-6-7-13(9-10)11-4-3-5-12(14)8-11/h10-11H,2-9H2,1H3. The Balaban J connectivity index is 1.86. The van der Waals surface area contributed by atoms with Crippen LogP contribution in [0.4, 0.5) is 0 Å². The van der Waals surface area contributed by atoms with Gasteiger partial charge in [0.25, 0.3) is 0 Å². The van der Waals surface area contributed by atoms with Gasteiger partial charge in [0.1, 0.15) is 5.78 Å². The van der Waals surface area contributed by atoms with Gasteiger partial charge in [0.05, 0.1) is 0 Å². The van der Waals surface area contributed by atoms with Crippen molar-refractivity contribution in [1.29, 1.82) is 0 Å². The first-order valence-electron chi connectivity index (χ1n) is 6.05. The molecule has 0 aromatic rings. The van der Waals surface area contributed by atoms with Gasteiger partial charge in [-0.3, -0.25) is 9.69 Å². The third-order valence-electron chi connectivity index (χ3n) is 3.87. The Bertz CT molecular complexity index is 214. The monoisotopic (exact) mass is 195 g/mol. The molecule has 0 bridgehead atoms. The Morgan fingerprint density at radius 3 is 2.93 bits per heavy atom. The van der Waals surface area contributed by atoms with E-state index in [4.69, 9.17) is 0 Å². The van der Waals surface area contributed by atoms with Crippen molar-refractivity contribution in [2.75, 3.05) is 13.1 Å². The maximum atomic E-state index is 11.4. The number of hydrogen-bond acceptors (Lipinski definition) is 2. The van der Waals surface area contributed by atoms with Crippen molar-refractivity contribution in [1.82, 2.24) is 4.90 Å². The summed E-state index contributed by atoms with van der Waals surface area (Å²) in [5, 5.41) is 0. The lowest BCUT2D eigenvalue weighted by molar-refractivity contribution is -0.121. The average molecular weight is 195 g/mol. The van der Waals surface area contributed by atoms with Crippen LogP contribution in [0.5, 0.6) is 0 Å². The minimum Gasteiger partial charge on any atom is -0.300 e. The highest BCUT2D eigenvalue weighted by atomic mass is 16.1. The summed E-state index contributed by atoms with van der Waals surface area (Å²) < 4.78 is 0. The van der Waals surface area contributed by atoms with Crippen LogP contribution in [0.25, 0.3) is 0 Å². The summed E-state index contributed by atoms with van der Waals surface area (Å²) in [5.41, 5.74) is 0. The molecular formula is C12H21NO. The Kier molecular flexibility index (Phi) is 3.22. The molecule has 0 N–H and O–H groups in total. The van der Waals surface area contributed by atoms with Crippen LogP contribution in [0, 0.1) is 5.92 Å². The van der Waals surface area contributed by atoms with Gasteiger partial charge in [-0.15, -0.1) is 0 Å². The predicted molar refractivity (Wildman–Crippen MR) is 57.2 cm³/mol. The SMILES string of the molecule is CCC1CCN(C2CCCC(=O)C2)C1. The van der Waals surface area contributed by atoms with E-state index in [1.54, 1.807) is 0 Å². The zero-order valence-corrected chi connectivity index (χ0v) is 9.17. The highest BCUT2D eigenvalue weighted by Gasteiger charge is 2.30. The van der Waals surface area contributed by atoms with Crippen molar-refractivity contribution < 1.29 is 4.79 Å². The van der Waals surface area contributed by atoms with Gasteiger partial charge in [-0.1, -0.05) is 13.3 Å². The highest BCUT2D eigenvalue weighted by Crippen LogP contribution is 2.27. The van der Waals surface area contributed by atoms with Crippen molar-refractivity contribution in [2.45, 2.75) is 51.5 Å². The molecule has 2 fully saturated rings. The van der Waals surface area contributed by atoms with Crippen molar-refractivity contribution in [3.63, 3.8) is 0 Å². The molecule has 2 aliphatic rings. The third kappa shape index (κ3) is 2.17. The van der Waals surface area contributed by atoms with E-state index in [1.807, 2.05) is 0 Å². The average Bonchev–Trinajstić information content (AvgIpc) is 2.66. The summed E-state index contributed by atoms with van der Waals surface area (Å²) in [5.74, 6) is 1.38. The maximum absolute atomic E-state index is 11.4. The maximum Gasteiger partial charge on any atom is 0.134 e. The van der Waals surface area contributed by atoms with Gasteiger partial charge >= 0.3 is 0 Å². The molecule has 1 heterocycles. The lowest BCUT2D eigenvalue weighted by Crippen LogP contribution is -2.37. The molecule has 2 atom stereocenters. The molecule has 1 saturated carbocycles. The minimum atomic E-state index is 0.487. The Labute approximate surface area is 86.7 Å². The molecule has 2 rings (SSSR count). The summed E-state index contributed by atoms with van der Waals surface area (Å²) in [6.07, 6.45) is 6.69. The number of carbonyl (C=O) groups is 1. The fourth-order valence-electron chi connectivity index (χ4n) is 2.84. The molecule has 80 valence electrons. The van der Waals surface area contributed by atoms with Crippen molar-refractivity contribution >= 4 is 5.78 Å². The number of hydrogen-bond donors (Lipinski definition) is 0. The van der Waals surface area contributed by atoms with Gasteiger partial charge in [0.2, 0.25) is 0 Å². The van der Waals surface area contributed by atoms with Crippen LogP contribution in [0.3, 0.4) is 0 Å². The lowest BCUT2D eigenvalue weighted by atomic mass is 9.93. The molecule has 2 unspecified atom stereocenters. The molecule has 2 heteroatoms. The van der Waals surface area contributed by atoms with E-state index in [0.29, 0.717) is 11.8 Å². The molecule has 0 aromatic heterocycles. The third-order valence-corrected chi connectivity index (χ3v) is 3.87. The molecule has 0 spiro atoms. The predicted octanol–water partition coefficient (Wildman–Crippen LogP) is 2.23. The normalized spacial score (nSPS) is 35.1. The summed E-state index contributed by atoms with van der Waals surface area (Å²) in [4.78, 5) is 13.9. The van der Waals surface area contributed by atoms with Crippen molar-refractivity contribution in [3.8, 4) is 0 Å². The smallest absolute Gasteiger partial charge is 0.134 e. The zero-order chi connectivity index (χ0) is 9.97. The van der Waals surface area contributed by atoms with Crippen LogP contribution >= 0.6 is 0 Å². The summed E-state index contributed by atoms with van der Waals surface area (Å²) in [7, 11) is 0. The van der Waals surface area contributed by atoms with E-state index >= 15 is 0 Å². The van der Waals surface area contributed by atoms with Crippen LogP contribution < -0.4 is 0 Å². The van der Waals surface area contributed by atoms with Crippen LogP contribution in [-0.4, -0.2) is 29.8 Å². The molecule has 1 aliphatic heterocycles. The van der Waals surface area contributed by atoms with Gasteiger partial charge < -0.3 is 0 Å². The van der Waals surface area contributed by atoms with E-state index in [2.05, 4.69) is 11.8 Å². The highest BCUT2D eigenvalue weighted by molar-refractivity contribution is 5.79. The van der Waals surface area contributed by atoms with Crippen LogP contribution in [0.15, 0.2) is 0 Å². The largest absolute Gasteiger partial charge is 0.300 e. The van der Waals surface area contributed by atoms with Gasteiger partial charge in [-0.2, -0.15) is 0 Å². The second-order valence-electron chi connectivity index (χ2n) is 4.85. The topological polar surface area (TPSA) is 20.3 Å². The summed E-state index contributed by atoms with van der Waals surface area (Å²) in [6.45, 7) is 4.76. The quantitative estimate of drug-likeness (QED) is 0.673. The minimum absolute atomic E-state index is 0.487. The van der Waals surface area contributed by atoms with E-state index in [0.717, 1.165) is 25.2 Å². The molecule has 0 amide bonds. The molecule has 14 heavy (non-hydrogen) atoms. The molecule has 1 saturated heterocycles. The first-order chi connectivity index (χ1) is 6.79. The number of carbonyl (C=O) groups excluding carboxylic acids is 1.